The van der Waals surface area contributed by atoms with Crippen molar-refractivity contribution >= 4 is 22.9 Å². The smallest absolute Gasteiger partial charge is 0.331 e. The van der Waals surface area contributed by atoms with Gasteiger partial charge in [0.25, 0.3) is 0 Å². The predicted molar refractivity (Wildman–Crippen MR) is 95.4 cm³/mol. The summed E-state index contributed by atoms with van der Waals surface area (Å²) in [5.41, 5.74) is 3.42. The van der Waals surface area contributed by atoms with E-state index >= 15 is 0 Å². The van der Waals surface area contributed by atoms with Crippen molar-refractivity contribution in [2.75, 3.05) is 0 Å². The number of carboxylic acid groups (broad SMARTS) is 1. The van der Waals surface area contributed by atoms with Crippen molar-refractivity contribution in [3.05, 3.63) is 52.9 Å². The monoisotopic (exact) mass is 334 g/mol. The largest absolute Gasteiger partial charge is 0.478 e. The zero-order valence-corrected chi connectivity index (χ0v) is 14.3. The molecule has 0 unspecified atom stereocenters. The van der Waals surface area contributed by atoms with Crippen LogP contribution >= 0.6 is 0 Å². The summed E-state index contributed by atoms with van der Waals surface area (Å²) in [5.74, 6) is -0.128. The van der Waals surface area contributed by atoms with Crippen LogP contribution in [0.2, 0.25) is 0 Å². The van der Waals surface area contributed by atoms with Crippen molar-refractivity contribution in [3.8, 4) is 11.9 Å². The molecule has 0 radical (unpaired) electrons. The second-order valence-electron chi connectivity index (χ2n) is 5.85. The van der Waals surface area contributed by atoms with Crippen LogP contribution in [0.15, 0.2) is 36.0 Å². The fourth-order valence-corrected chi connectivity index (χ4v) is 3.00. The Morgan fingerprint density at radius 3 is 2.80 bits per heavy atom. The summed E-state index contributed by atoms with van der Waals surface area (Å²) in [6.45, 7) is 3.68. The van der Waals surface area contributed by atoms with Crippen molar-refractivity contribution in [1.82, 2.24) is 14.3 Å². The van der Waals surface area contributed by atoms with E-state index in [0.29, 0.717) is 17.6 Å². The van der Waals surface area contributed by atoms with Gasteiger partial charge in [0.2, 0.25) is 0 Å². The zero-order valence-electron chi connectivity index (χ0n) is 14.3. The SMILES string of the molecule is CCC(=Cc1c(C)nn(C)c1-n1ccc2cc(C#N)ccc21)C(=O)O. The zero-order chi connectivity index (χ0) is 18.1. The van der Waals surface area contributed by atoms with Crippen molar-refractivity contribution in [1.29, 1.82) is 5.26 Å². The fraction of sp³-hybridized carbons (Fsp3) is 0.211. The highest BCUT2D eigenvalue weighted by Crippen LogP contribution is 2.27. The maximum atomic E-state index is 11.4. The lowest BCUT2D eigenvalue weighted by molar-refractivity contribution is -0.132. The molecule has 0 spiro atoms. The van der Waals surface area contributed by atoms with E-state index in [-0.39, 0.29) is 0 Å². The van der Waals surface area contributed by atoms with Crippen LogP contribution in [-0.4, -0.2) is 25.4 Å². The minimum atomic E-state index is -0.923. The van der Waals surface area contributed by atoms with Crippen LogP contribution in [0.3, 0.4) is 0 Å². The maximum absolute atomic E-state index is 11.4. The fourth-order valence-electron chi connectivity index (χ4n) is 3.00. The first kappa shape index (κ1) is 16.5. The number of aliphatic carboxylic acids is 1. The highest BCUT2D eigenvalue weighted by atomic mass is 16.4. The summed E-state index contributed by atoms with van der Waals surface area (Å²) in [5, 5.41) is 23.8. The molecule has 6 heteroatoms. The molecule has 1 N–H and O–H groups in total. The third-order valence-electron chi connectivity index (χ3n) is 4.26. The van der Waals surface area contributed by atoms with Gasteiger partial charge in [0, 0.05) is 29.8 Å². The summed E-state index contributed by atoms with van der Waals surface area (Å²) < 4.78 is 3.71. The summed E-state index contributed by atoms with van der Waals surface area (Å²) in [6.07, 6.45) is 4.03. The van der Waals surface area contributed by atoms with Gasteiger partial charge in [0.05, 0.1) is 22.8 Å². The molecule has 2 heterocycles. The summed E-state index contributed by atoms with van der Waals surface area (Å²) in [7, 11) is 1.83. The standard InChI is InChI=1S/C19H18N4O2/c1-4-14(19(24)25)10-16-12(2)21-22(3)18(16)23-8-7-15-9-13(11-20)5-6-17(15)23/h5-10H,4H2,1-3H3,(H,24,25). The molecule has 0 atom stereocenters. The quantitative estimate of drug-likeness (QED) is 0.741. The molecule has 1 aromatic carbocycles. The van der Waals surface area contributed by atoms with Crippen molar-refractivity contribution in [3.63, 3.8) is 0 Å². The second-order valence-corrected chi connectivity index (χ2v) is 5.85. The first-order valence-electron chi connectivity index (χ1n) is 7.95. The van der Waals surface area contributed by atoms with E-state index in [2.05, 4.69) is 11.2 Å². The molecule has 0 aliphatic heterocycles. The Hall–Kier alpha value is -3.33. The molecule has 0 fully saturated rings. The minimum Gasteiger partial charge on any atom is -0.478 e. The molecule has 0 saturated heterocycles. The number of aryl methyl sites for hydroxylation is 2. The number of hydrogen-bond acceptors (Lipinski definition) is 3. The maximum Gasteiger partial charge on any atom is 0.331 e. The molecule has 0 amide bonds. The van der Waals surface area contributed by atoms with E-state index in [9.17, 15) is 9.90 Å². The Morgan fingerprint density at radius 1 is 1.40 bits per heavy atom. The number of nitriles is 1. The lowest BCUT2D eigenvalue weighted by Gasteiger charge is -2.09. The number of hydrogen-bond donors (Lipinski definition) is 1. The summed E-state index contributed by atoms with van der Waals surface area (Å²) in [4.78, 5) is 11.4. The number of aromatic nitrogens is 3. The second kappa shape index (κ2) is 6.29. The molecular formula is C19H18N4O2. The van der Waals surface area contributed by atoms with Gasteiger partial charge in [-0.25, -0.2) is 4.79 Å². The third kappa shape index (κ3) is 2.81. The summed E-state index contributed by atoms with van der Waals surface area (Å²) >= 11 is 0. The van der Waals surface area contributed by atoms with Crippen LogP contribution in [-0.2, 0) is 11.8 Å². The van der Waals surface area contributed by atoms with E-state index in [1.54, 1.807) is 16.8 Å². The normalized spacial score (nSPS) is 11.7. The van der Waals surface area contributed by atoms with Gasteiger partial charge in [0.15, 0.2) is 0 Å². The molecule has 0 bridgehead atoms. The number of benzene rings is 1. The van der Waals surface area contributed by atoms with Gasteiger partial charge in [-0.15, -0.1) is 0 Å². The number of fused-ring (bicyclic) bond motifs is 1. The van der Waals surface area contributed by atoms with Crippen LogP contribution in [0.5, 0.6) is 0 Å². The third-order valence-corrected chi connectivity index (χ3v) is 4.26. The summed E-state index contributed by atoms with van der Waals surface area (Å²) in [6, 6.07) is 9.57. The van der Waals surface area contributed by atoms with Crippen molar-refractivity contribution in [2.24, 2.45) is 7.05 Å². The van der Waals surface area contributed by atoms with E-state index in [4.69, 9.17) is 5.26 Å². The van der Waals surface area contributed by atoms with Crippen LogP contribution in [0.4, 0.5) is 0 Å². The van der Waals surface area contributed by atoms with Gasteiger partial charge in [-0.3, -0.25) is 4.68 Å². The van der Waals surface area contributed by atoms with Gasteiger partial charge < -0.3 is 9.67 Å². The van der Waals surface area contributed by atoms with Crippen LogP contribution in [0.25, 0.3) is 22.8 Å². The van der Waals surface area contributed by atoms with E-state index in [1.165, 1.54) is 0 Å². The minimum absolute atomic E-state index is 0.334. The Bertz CT molecular complexity index is 1050. The number of nitrogens with zero attached hydrogens (tertiary/aromatic N) is 4. The van der Waals surface area contributed by atoms with Gasteiger partial charge in [-0.2, -0.15) is 10.4 Å². The molecule has 0 saturated carbocycles. The predicted octanol–water partition coefficient (Wildman–Crippen LogP) is 3.42. The molecule has 126 valence electrons. The molecule has 25 heavy (non-hydrogen) atoms. The number of carboxylic acids is 1. The molecule has 6 nitrogen and oxygen atoms in total. The Kier molecular flexibility index (Phi) is 4.15. The van der Waals surface area contributed by atoms with E-state index in [0.717, 1.165) is 28.0 Å². The average molecular weight is 334 g/mol. The van der Waals surface area contributed by atoms with E-state index < -0.39 is 5.97 Å². The van der Waals surface area contributed by atoms with E-state index in [1.807, 2.05) is 49.9 Å². The number of carbonyl (C=O) groups is 1. The Balaban J connectivity index is 2.25. The van der Waals surface area contributed by atoms with Crippen molar-refractivity contribution in [2.45, 2.75) is 20.3 Å². The highest BCUT2D eigenvalue weighted by Gasteiger charge is 2.17. The number of rotatable bonds is 4. The Labute approximate surface area is 145 Å². The molecule has 0 aliphatic carbocycles. The molecule has 3 rings (SSSR count). The molecule has 2 aromatic heterocycles. The highest BCUT2D eigenvalue weighted by molar-refractivity contribution is 5.93. The lowest BCUT2D eigenvalue weighted by atomic mass is 10.1. The topological polar surface area (TPSA) is 83.8 Å². The van der Waals surface area contributed by atoms with Gasteiger partial charge in [-0.1, -0.05) is 6.92 Å². The average Bonchev–Trinajstić information content (AvgIpc) is 3.11. The van der Waals surface area contributed by atoms with Gasteiger partial charge >= 0.3 is 5.97 Å². The van der Waals surface area contributed by atoms with Crippen LogP contribution < -0.4 is 0 Å². The first-order valence-corrected chi connectivity index (χ1v) is 7.95. The molecule has 3 aromatic rings. The van der Waals surface area contributed by atoms with Gasteiger partial charge in [0.1, 0.15) is 5.82 Å². The first-order chi connectivity index (χ1) is 12.0. The Morgan fingerprint density at radius 2 is 2.16 bits per heavy atom. The van der Waals surface area contributed by atoms with Crippen LogP contribution in [0, 0.1) is 18.3 Å². The lowest BCUT2D eigenvalue weighted by Crippen LogP contribution is -2.04. The molecular weight excluding hydrogens is 316 g/mol. The van der Waals surface area contributed by atoms with Crippen molar-refractivity contribution < 1.29 is 9.90 Å². The van der Waals surface area contributed by atoms with Crippen LogP contribution in [0.1, 0.15) is 30.2 Å². The van der Waals surface area contributed by atoms with Gasteiger partial charge in [-0.05, 0) is 43.7 Å². The molecule has 0 aliphatic rings.